The van der Waals surface area contributed by atoms with Gasteiger partial charge in [0.25, 0.3) is 0 Å². The summed E-state index contributed by atoms with van der Waals surface area (Å²) in [4.78, 5) is 9.79. The van der Waals surface area contributed by atoms with E-state index in [9.17, 15) is 0 Å². The van der Waals surface area contributed by atoms with Crippen LogP contribution in [0, 0.1) is 0 Å². The topological polar surface area (TPSA) is 52.1 Å². The van der Waals surface area contributed by atoms with Crippen molar-refractivity contribution in [3.63, 3.8) is 0 Å². The Morgan fingerprint density at radius 1 is 1.44 bits per heavy atom. The minimum atomic E-state index is 0.236. The van der Waals surface area contributed by atoms with Crippen LogP contribution in [-0.2, 0) is 0 Å². The van der Waals surface area contributed by atoms with Gasteiger partial charge in [0.1, 0.15) is 5.65 Å². The standard InChI is InChI=1S/C14H17N3O/c18-9-8-17-6-3-11(4-7-17)13-10-16-14-12(13)2-1-5-15-14/h1-3,5,10,18H,4,6-9H2,(H,15,16). The van der Waals surface area contributed by atoms with Crippen molar-refractivity contribution in [1.82, 2.24) is 14.9 Å². The Kier molecular flexibility index (Phi) is 3.13. The lowest BCUT2D eigenvalue weighted by Gasteiger charge is -2.25. The molecule has 1 aliphatic heterocycles. The fraction of sp³-hybridized carbons (Fsp3) is 0.357. The first-order valence-electron chi connectivity index (χ1n) is 6.33. The SMILES string of the molecule is OCCN1CC=C(c2c[nH]c3ncccc23)CC1. The van der Waals surface area contributed by atoms with Crippen molar-refractivity contribution in [3.8, 4) is 0 Å². The van der Waals surface area contributed by atoms with Crippen LogP contribution < -0.4 is 0 Å². The van der Waals surface area contributed by atoms with E-state index in [1.807, 2.05) is 12.3 Å². The van der Waals surface area contributed by atoms with Gasteiger partial charge in [0.2, 0.25) is 0 Å². The molecular formula is C14H17N3O. The number of aromatic amines is 1. The van der Waals surface area contributed by atoms with Gasteiger partial charge < -0.3 is 10.1 Å². The van der Waals surface area contributed by atoms with Gasteiger partial charge in [-0.2, -0.15) is 0 Å². The molecule has 3 rings (SSSR count). The number of aromatic nitrogens is 2. The fourth-order valence-corrected chi connectivity index (χ4v) is 2.52. The van der Waals surface area contributed by atoms with Crippen molar-refractivity contribution in [1.29, 1.82) is 0 Å². The first-order chi connectivity index (χ1) is 8.88. The minimum absolute atomic E-state index is 0.236. The van der Waals surface area contributed by atoms with Crippen LogP contribution in [0.25, 0.3) is 16.6 Å². The normalized spacial score (nSPS) is 17.1. The number of H-pyrrole nitrogens is 1. The van der Waals surface area contributed by atoms with Gasteiger partial charge in [-0.3, -0.25) is 4.90 Å². The summed E-state index contributed by atoms with van der Waals surface area (Å²) in [6.07, 6.45) is 7.14. The molecule has 0 radical (unpaired) electrons. The fourth-order valence-electron chi connectivity index (χ4n) is 2.52. The highest BCUT2D eigenvalue weighted by atomic mass is 16.3. The van der Waals surface area contributed by atoms with Crippen LogP contribution in [0.15, 0.2) is 30.6 Å². The molecule has 0 spiro atoms. The zero-order chi connectivity index (χ0) is 12.4. The molecule has 0 bridgehead atoms. The molecule has 2 aromatic rings. The third-order valence-electron chi connectivity index (χ3n) is 3.51. The molecule has 0 atom stereocenters. The summed E-state index contributed by atoms with van der Waals surface area (Å²) in [5, 5.41) is 10.1. The Bertz CT molecular complexity index is 573. The second kappa shape index (κ2) is 4.92. The lowest BCUT2D eigenvalue weighted by molar-refractivity contribution is 0.208. The number of nitrogens with zero attached hydrogens (tertiary/aromatic N) is 2. The van der Waals surface area contributed by atoms with Crippen LogP contribution in [0.1, 0.15) is 12.0 Å². The Morgan fingerprint density at radius 2 is 2.39 bits per heavy atom. The third kappa shape index (κ3) is 2.05. The largest absolute Gasteiger partial charge is 0.395 e. The number of β-amino-alcohol motifs (C(OH)–C–C–N with tert-alkyl or cyclic N) is 1. The number of hydrogen-bond donors (Lipinski definition) is 2. The first-order valence-corrected chi connectivity index (χ1v) is 6.33. The van der Waals surface area contributed by atoms with Gasteiger partial charge in [-0.05, 0) is 24.1 Å². The maximum Gasteiger partial charge on any atom is 0.137 e. The lowest BCUT2D eigenvalue weighted by atomic mass is 10.00. The van der Waals surface area contributed by atoms with Gasteiger partial charge in [-0.15, -0.1) is 0 Å². The molecule has 4 nitrogen and oxygen atoms in total. The average Bonchev–Trinajstić information content (AvgIpc) is 2.84. The van der Waals surface area contributed by atoms with Crippen molar-refractivity contribution in [2.45, 2.75) is 6.42 Å². The van der Waals surface area contributed by atoms with E-state index >= 15 is 0 Å². The molecule has 1 aliphatic rings. The maximum absolute atomic E-state index is 8.93. The van der Waals surface area contributed by atoms with E-state index < -0.39 is 0 Å². The molecule has 94 valence electrons. The minimum Gasteiger partial charge on any atom is -0.395 e. The highest BCUT2D eigenvalue weighted by Gasteiger charge is 2.15. The van der Waals surface area contributed by atoms with Crippen LogP contribution in [0.4, 0.5) is 0 Å². The van der Waals surface area contributed by atoms with Crippen LogP contribution in [-0.4, -0.2) is 46.2 Å². The number of rotatable bonds is 3. The van der Waals surface area contributed by atoms with Crippen molar-refractivity contribution in [2.75, 3.05) is 26.2 Å². The number of pyridine rings is 1. The summed E-state index contributed by atoms with van der Waals surface area (Å²) in [5.41, 5.74) is 3.59. The van der Waals surface area contributed by atoms with Gasteiger partial charge in [-0.25, -0.2) is 4.98 Å². The van der Waals surface area contributed by atoms with Crippen LogP contribution in [0.2, 0.25) is 0 Å². The maximum atomic E-state index is 8.93. The zero-order valence-electron chi connectivity index (χ0n) is 10.3. The Morgan fingerprint density at radius 3 is 3.17 bits per heavy atom. The summed E-state index contributed by atoms with van der Waals surface area (Å²) in [6.45, 7) is 2.93. The molecule has 0 aliphatic carbocycles. The molecule has 2 aromatic heterocycles. The monoisotopic (exact) mass is 243 g/mol. The van der Waals surface area contributed by atoms with E-state index in [2.05, 4.69) is 27.0 Å². The predicted molar refractivity (Wildman–Crippen MR) is 72.2 cm³/mol. The highest BCUT2D eigenvalue weighted by Crippen LogP contribution is 2.28. The zero-order valence-corrected chi connectivity index (χ0v) is 10.3. The lowest BCUT2D eigenvalue weighted by Crippen LogP contribution is -2.31. The van der Waals surface area contributed by atoms with Gasteiger partial charge in [0, 0.05) is 43.0 Å². The summed E-state index contributed by atoms with van der Waals surface area (Å²) >= 11 is 0. The molecule has 3 heterocycles. The molecule has 4 heteroatoms. The van der Waals surface area contributed by atoms with E-state index in [0.717, 1.165) is 31.7 Å². The second-order valence-corrected chi connectivity index (χ2v) is 4.61. The molecule has 0 saturated heterocycles. The number of fused-ring (bicyclic) bond motifs is 1. The molecule has 0 saturated carbocycles. The molecular weight excluding hydrogens is 226 g/mol. The molecule has 18 heavy (non-hydrogen) atoms. The highest BCUT2D eigenvalue weighted by molar-refractivity contribution is 5.90. The molecule has 0 fully saturated rings. The number of aliphatic hydroxyl groups is 1. The molecule has 0 unspecified atom stereocenters. The smallest absolute Gasteiger partial charge is 0.137 e. The van der Waals surface area contributed by atoms with Crippen molar-refractivity contribution in [3.05, 3.63) is 36.2 Å². The Labute approximate surface area is 106 Å². The van der Waals surface area contributed by atoms with E-state index in [4.69, 9.17) is 5.11 Å². The van der Waals surface area contributed by atoms with Gasteiger partial charge in [0.05, 0.1) is 6.61 Å². The number of nitrogens with one attached hydrogen (secondary N) is 1. The quantitative estimate of drug-likeness (QED) is 0.861. The van der Waals surface area contributed by atoms with Gasteiger partial charge in [0.15, 0.2) is 0 Å². The molecule has 0 aromatic carbocycles. The van der Waals surface area contributed by atoms with Crippen molar-refractivity contribution >= 4 is 16.6 Å². The van der Waals surface area contributed by atoms with Crippen molar-refractivity contribution < 1.29 is 5.11 Å². The van der Waals surface area contributed by atoms with E-state index in [0.29, 0.717) is 0 Å². The van der Waals surface area contributed by atoms with Crippen LogP contribution >= 0.6 is 0 Å². The second-order valence-electron chi connectivity index (χ2n) is 4.61. The van der Waals surface area contributed by atoms with Crippen LogP contribution in [0.3, 0.4) is 0 Å². The number of aliphatic hydroxyl groups excluding tert-OH is 1. The predicted octanol–water partition coefficient (Wildman–Crippen LogP) is 1.64. The Balaban J connectivity index is 1.87. The van der Waals surface area contributed by atoms with Crippen molar-refractivity contribution in [2.24, 2.45) is 0 Å². The van der Waals surface area contributed by atoms with Gasteiger partial charge in [-0.1, -0.05) is 6.08 Å². The molecule has 0 amide bonds. The summed E-state index contributed by atoms with van der Waals surface area (Å²) in [6, 6.07) is 4.08. The average molecular weight is 243 g/mol. The summed E-state index contributed by atoms with van der Waals surface area (Å²) < 4.78 is 0. The van der Waals surface area contributed by atoms with Crippen LogP contribution in [0.5, 0.6) is 0 Å². The van der Waals surface area contributed by atoms with E-state index in [-0.39, 0.29) is 6.61 Å². The van der Waals surface area contributed by atoms with E-state index in [1.165, 1.54) is 16.5 Å². The first kappa shape index (κ1) is 11.4. The summed E-state index contributed by atoms with van der Waals surface area (Å²) in [7, 11) is 0. The molecule has 2 N–H and O–H groups in total. The third-order valence-corrected chi connectivity index (χ3v) is 3.51. The van der Waals surface area contributed by atoms with Gasteiger partial charge >= 0.3 is 0 Å². The van der Waals surface area contributed by atoms with E-state index in [1.54, 1.807) is 6.20 Å². The Hall–Kier alpha value is -1.65. The number of hydrogen-bond acceptors (Lipinski definition) is 3. The summed E-state index contributed by atoms with van der Waals surface area (Å²) in [5.74, 6) is 0.